The molecule has 0 aromatic carbocycles. The Morgan fingerprint density at radius 3 is 3.00 bits per heavy atom. The number of urea groups is 1. The van der Waals surface area contributed by atoms with Crippen LogP contribution < -0.4 is 10.6 Å². The molecule has 2 amide bonds. The summed E-state index contributed by atoms with van der Waals surface area (Å²) in [6.45, 7) is 5.21. The van der Waals surface area contributed by atoms with Crippen LogP contribution in [0.4, 0.5) is 10.5 Å². The number of amides is 2. The molecule has 3 rings (SSSR count). The Labute approximate surface area is 148 Å². The van der Waals surface area contributed by atoms with Gasteiger partial charge in [0.05, 0.1) is 30.3 Å². The molecule has 2 heterocycles. The Balaban J connectivity index is 1.45. The number of nitrogens with zero attached hydrogens (tertiary/aromatic N) is 3. The van der Waals surface area contributed by atoms with Gasteiger partial charge in [-0.1, -0.05) is 19.8 Å². The average Bonchev–Trinajstić information content (AvgIpc) is 2.87. The van der Waals surface area contributed by atoms with Crippen molar-refractivity contribution in [2.24, 2.45) is 13.0 Å². The monoisotopic (exact) mass is 345 g/mol. The van der Waals surface area contributed by atoms with Crippen molar-refractivity contribution in [1.82, 2.24) is 20.1 Å². The molecule has 1 aliphatic rings. The molecule has 0 saturated heterocycles. The molecule has 0 bridgehead atoms. The standard InChI is InChI=1S/C18H27N5O2/c1-12-6-4-5-7-16(12)25-9-8-19-18(24)21-14-10-15-13(2)22-23(3)17(15)20-11-14/h10-12,16H,4-9H2,1-3H3,(H2,19,21,24)/t12-,16-/m1/s1. The highest BCUT2D eigenvalue weighted by molar-refractivity contribution is 5.91. The smallest absolute Gasteiger partial charge is 0.319 e. The molecule has 0 unspecified atom stereocenters. The molecule has 1 saturated carbocycles. The van der Waals surface area contributed by atoms with Crippen molar-refractivity contribution in [1.29, 1.82) is 0 Å². The van der Waals surface area contributed by atoms with Gasteiger partial charge in [0, 0.05) is 19.0 Å². The quantitative estimate of drug-likeness (QED) is 0.816. The van der Waals surface area contributed by atoms with Crippen molar-refractivity contribution in [2.75, 3.05) is 18.5 Å². The number of ether oxygens (including phenoxy) is 1. The second kappa shape index (κ2) is 7.82. The number of nitrogens with one attached hydrogen (secondary N) is 2. The van der Waals surface area contributed by atoms with Crippen LogP contribution in [-0.4, -0.2) is 40.1 Å². The van der Waals surface area contributed by atoms with Crippen LogP contribution in [0.3, 0.4) is 0 Å². The van der Waals surface area contributed by atoms with E-state index in [4.69, 9.17) is 4.74 Å². The van der Waals surface area contributed by atoms with Crippen LogP contribution in [0.25, 0.3) is 11.0 Å². The van der Waals surface area contributed by atoms with Crippen LogP contribution in [0, 0.1) is 12.8 Å². The lowest BCUT2D eigenvalue weighted by Gasteiger charge is -2.28. The molecule has 2 aromatic heterocycles. The third-order valence-electron chi connectivity index (χ3n) is 4.87. The number of carbonyl (C=O) groups excluding carboxylic acids is 1. The predicted molar refractivity (Wildman–Crippen MR) is 97.6 cm³/mol. The van der Waals surface area contributed by atoms with E-state index in [1.807, 2.05) is 20.0 Å². The van der Waals surface area contributed by atoms with Crippen LogP contribution in [0.15, 0.2) is 12.3 Å². The minimum Gasteiger partial charge on any atom is -0.376 e. The van der Waals surface area contributed by atoms with E-state index in [0.29, 0.717) is 30.9 Å². The minimum absolute atomic E-state index is 0.247. The highest BCUT2D eigenvalue weighted by Crippen LogP contribution is 2.26. The summed E-state index contributed by atoms with van der Waals surface area (Å²) in [5.74, 6) is 0.614. The number of aryl methyl sites for hydroxylation is 2. The summed E-state index contributed by atoms with van der Waals surface area (Å²) in [5, 5.41) is 10.9. The van der Waals surface area contributed by atoms with Crippen molar-refractivity contribution in [3.05, 3.63) is 18.0 Å². The zero-order chi connectivity index (χ0) is 17.8. The summed E-state index contributed by atoms with van der Waals surface area (Å²) in [6.07, 6.45) is 6.88. The molecule has 7 nitrogen and oxygen atoms in total. The second-order valence-electron chi connectivity index (χ2n) is 6.86. The molecule has 2 N–H and O–H groups in total. The first-order chi connectivity index (χ1) is 12.0. The normalized spacial score (nSPS) is 20.6. The first kappa shape index (κ1) is 17.7. The van der Waals surface area contributed by atoms with Crippen molar-refractivity contribution in [2.45, 2.75) is 45.6 Å². The number of rotatable bonds is 5. The molecule has 7 heteroatoms. The number of pyridine rings is 1. The largest absolute Gasteiger partial charge is 0.376 e. The molecule has 25 heavy (non-hydrogen) atoms. The molecule has 2 aromatic rings. The molecule has 136 valence electrons. The second-order valence-corrected chi connectivity index (χ2v) is 6.86. The van der Waals surface area contributed by atoms with Gasteiger partial charge in [0.1, 0.15) is 0 Å². The molecule has 1 aliphatic carbocycles. The fraction of sp³-hybridized carbons (Fsp3) is 0.611. The van der Waals surface area contributed by atoms with Crippen LogP contribution in [0.1, 0.15) is 38.3 Å². The predicted octanol–water partition coefficient (Wildman–Crippen LogP) is 2.99. The summed E-state index contributed by atoms with van der Waals surface area (Å²) in [6, 6.07) is 1.65. The van der Waals surface area contributed by atoms with Crippen LogP contribution in [0.5, 0.6) is 0 Å². The molecule has 1 fully saturated rings. The minimum atomic E-state index is -0.247. The summed E-state index contributed by atoms with van der Waals surface area (Å²) < 4.78 is 7.64. The van der Waals surface area contributed by atoms with Crippen LogP contribution in [0.2, 0.25) is 0 Å². The van der Waals surface area contributed by atoms with E-state index in [-0.39, 0.29) is 6.03 Å². The number of hydrogen-bond acceptors (Lipinski definition) is 4. The van der Waals surface area contributed by atoms with Gasteiger partial charge in [0.25, 0.3) is 0 Å². The Kier molecular flexibility index (Phi) is 5.53. The maximum absolute atomic E-state index is 12.0. The lowest BCUT2D eigenvalue weighted by atomic mass is 9.88. The van der Waals surface area contributed by atoms with Gasteiger partial charge >= 0.3 is 6.03 Å². The zero-order valence-electron chi connectivity index (χ0n) is 15.2. The molecule has 0 aliphatic heterocycles. The SMILES string of the molecule is Cc1nn(C)c2ncc(NC(=O)NCCO[C@@H]3CCCC[C@H]3C)cc12. The van der Waals surface area contributed by atoms with Gasteiger partial charge in [-0.15, -0.1) is 0 Å². The van der Waals surface area contributed by atoms with Gasteiger partial charge in [-0.2, -0.15) is 5.10 Å². The fourth-order valence-corrected chi connectivity index (χ4v) is 3.46. The maximum atomic E-state index is 12.0. The van der Waals surface area contributed by atoms with Crippen LogP contribution in [-0.2, 0) is 11.8 Å². The van der Waals surface area contributed by atoms with E-state index in [0.717, 1.165) is 23.1 Å². The third-order valence-corrected chi connectivity index (χ3v) is 4.87. The summed E-state index contributed by atoms with van der Waals surface area (Å²) in [4.78, 5) is 16.4. The van der Waals surface area contributed by atoms with Gasteiger partial charge < -0.3 is 15.4 Å². The fourth-order valence-electron chi connectivity index (χ4n) is 3.46. The topological polar surface area (TPSA) is 81.1 Å². The third kappa shape index (κ3) is 4.28. The number of aromatic nitrogens is 3. The van der Waals surface area contributed by atoms with E-state index in [1.165, 1.54) is 19.3 Å². The van der Waals surface area contributed by atoms with E-state index in [9.17, 15) is 4.79 Å². The van der Waals surface area contributed by atoms with E-state index >= 15 is 0 Å². The number of anilines is 1. The van der Waals surface area contributed by atoms with Gasteiger partial charge in [0.2, 0.25) is 0 Å². The summed E-state index contributed by atoms with van der Waals surface area (Å²) in [7, 11) is 1.86. The van der Waals surface area contributed by atoms with Crippen molar-refractivity contribution >= 4 is 22.8 Å². The molecular weight excluding hydrogens is 318 g/mol. The number of carbonyl (C=O) groups is 1. The van der Waals surface area contributed by atoms with Gasteiger partial charge in [-0.25, -0.2) is 9.78 Å². The number of hydrogen-bond donors (Lipinski definition) is 2. The van der Waals surface area contributed by atoms with E-state index in [1.54, 1.807) is 10.9 Å². The maximum Gasteiger partial charge on any atom is 0.319 e. The van der Waals surface area contributed by atoms with Crippen molar-refractivity contribution < 1.29 is 9.53 Å². The first-order valence-electron chi connectivity index (χ1n) is 9.00. The van der Waals surface area contributed by atoms with Gasteiger partial charge in [0.15, 0.2) is 5.65 Å². The zero-order valence-corrected chi connectivity index (χ0v) is 15.2. The van der Waals surface area contributed by atoms with Gasteiger partial charge in [-0.3, -0.25) is 4.68 Å². The Morgan fingerprint density at radius 2 is 2.20 bits per heavy atom. The van der Waals surface area contributed by atoms with E-state index in [2.05, 4.69) is 27.6 Å². The number of fused-ring (bicyclic) bond motifs is 1. The molecular formula is C18H27N5O2. The molecule has 0 spiro atoms. The highest BCUT2D eigenvalue weighted by atomic mass is 16.5. The molecule has 0 radical (unpaired) electrons. The van der Waals surface area contributed by atoms with Crippen LogP contribution >= 0.6 is 0 Å². The summed E-state index contributed by atoms with van der Waals surface area (Å²) >= 11 is 0. The Bertz CT molecular complexity index is 742. The van der Waals surface area contributed by atoms with Crippen molar-refractivity contribution in [3.63, 3.8) is 0 Å². The highest BCUT2D eigenvalue weighted by Gasteiger charge is 2.21. The van der Waals surface area contributed by atoms with Crippen molar-refractivity contribution in [3.8, 4) is 0 Å². The Hall–Kier alpha value is -2.15. The lowest BCUT2D eigenvalue weighted by molar-refractivity contribution is -0.00232. The first-order valence-corrected chi connectivity index (χ1v) is 9.00. The molecule has 2 atom stereocenters. The van der Waals surface area contributed by atoms with Gasteiger partial charge in [-0.05, 0) is 31.7 Å². The van der Waals surface area contributed by atoms with E-state index < -0.39 is 0 Å². The lowest BCUT2D eigenvalue weighted by Crippen LogP contribution is -2.34. The summed E-state index contributed by atoms with van der Waals surface area (Å²) in [5.41, 5.74) is 2.35. The average molecular weight is 345 g/mol. The Morgan fingerprint density at radius 1 is 1.40 bits per heavy atom.